The zero-order valence-electron chi connectivity index (χ0n) is 14.7. The van der Waals surface area contributed by atoms with E-state index < -0.39 is 0 Å². The lowest BCUT2D eigenvalue weighted by Gasteiger charge is -2.35. The second-order valence-electron chi connectivity index (χ2n) is 6.44. The van der Waals surface area contributed by atoms with Gasteiger partial charge in [0.25, 0.3) is 0 Å². The number of imidazole rings is 1. The molecule has 0 spiro atoms. The molecule has 5 nitrogen and oxygen atoms in total. The number of nitrogens with zero attached hydrogens (tertiary/aromatic N) is 2. The highest BCUT2D eigenvalue weighted by atomic mass is 16.5. The second kappa shape index (κ2) is 7.04. The van der Waals surface area contributed by atoms with Gasteiger partial charge in [-0.1, -0.05) is 42.5 Å². The van der Waals surface area contributed by atoms with Gasteiger partial charge in [-0.15, -0.1) is 0 Å². The number of hydrogen-bond donors (Lipinski definition) is 1. The second-order valence-corrected chi connectivity index (χ2v) is 6.44. The van der Waals surface area contributed by atoms with Gasteiger partial charge in [0.1, 0.15) is 11.8 Å². The maximum absolute atomic E-state index is 13.1. The summed E-state index contributed by atoms with van der Waals surface area (Å²) in [5.41, 5.74) is 4.14. The molecule has 0 fully saturated rings. The lowest BCUT2D eigenvalue weighted by molar-refractivity contribution is -0.132. The van der Waals surface area contributed by atoms with Crippen LogP contribution < -0.4 is 4.74 Å². The fourth-order valence-electron chi connectivity index (χ4n) is 3.54. The van der Waals surface area contributed by atoms with Gasteiger partial charge in [-0.25, -0.2) is 4.98 Å². The number of benzene rings is 2. The van der Waals surface area contributed by atoms with E-state index in [4.69, 9.17) is 4.74 Å². The summed E-state index contributed by atoms with van der Waals surface area (Å²) in [5, 5.41) is 0. The van der Waals surface area contributed by atoms with Crippen LogP contribution in [0.15, 0.2) is 60.9 Å². The predicted molar refractivity (Wildman–Crippen MR) is 99.0 cm³/mol. The minimum Gasteiger partial charge on any atom is -0.497 e. The number of ether oxygens (including phenoxy) is 1. The van der Waals surface area contributed by atoms with Crippen LogP contribution in [0.3, 0.4) is 0 Å². The van der Waals surface area contributed by atoms with Gasteiger partial charge in [-0.3, -0.25) is 4.79 Å². The molecule has 2 heterocycles. The molecule has 1 N–H and O–H groups in total. The molecule has 1 aliphatic rings. The van der Waals surface area contributed by atoms with Gasteiger partial charge in [0.15, 0.2) is 0 Å². The van der Waals surface area contributed by atoms with Crippen LogP contribution in [0, 0.1) is 0 Å². The van der Waals surface area contributed by atoms with Gasteiger partial charge in [0.2, 0.25) is 5.91 Å². The van der Waals surface area contributed by atoms with Crippen molar-refractivity contribution >= 4 is 5.91 Å². The number of nitrogens with one attached hydrogen (secondary N) is 1. The zero-order chi connectivity index (χ0) is 17.9. The van der Waals surface area contributed by atoms with Gasteiger partial charge in [-0.2, -0.15) is 0 Å². The van der Waals surface area contributed by atoms with Gasteiger partial charge in [0.05, 0.1) is 25.6 Å². The molecule has 3 aromatic rings. The molecular formula is C21H21N3O2. The largest absolute Gasteiger partial charge is 0.497 e. The number of aromatic nitrogens is 2. The number of amides is 1. The number of rotatable bonds is 4. The smallest absolute Gasteiger partial charge is 0.227 e. The number of aromatic amines is 1. The summed E-state index contributed by atoms with van der Waals surface area (Å²) in [4.78, 5) is 22.8. The average Bonchev–Trinajstić information content (AvgIpc) is 3.17. The fourth-order valence-corrected chi connectivity index (χ4v) is 3.54. The molecule has 0 aliphatic carbocycles. The van der Waals surface area contributed by atoms with Crippen LogP contribution in [0.1, 0.15) is 28.6 Å². The molecule has 2 aromatic carbocycles. The average molecular weight is 347 g/mol. The van der Waals surface area contributed by atoms with E-state index in [1.54, 1.807) is 13.4 Å². The van der Waals surface area contributed by atoms with Crippen molar-refractivity contribution in [3.8, 4) is 5.75 Å². The Kier molecular flexibility index (Phi) is 4.44. The van der Waals surface area contributed by atoms with E-state index in [0.29, 0.717) is 13.0 Å². The maximum Gasteiger partial charge on any atom is 0.227 e. The highest BCUT2D eigenvalue weighted by Gasteiger charge is 2.33. The van der Waals surface area contributed by atoms with Crippen LogP contribution in [0.4, 0.5) is 0 Å². The van der Waals surface area contributed by atoms with Crippen LogP contribution in [0.25, 0.3) is 0 Å². The molecule has 0 bridgehead atoms. The fraction of sp³-hybridized carbons (Fsp3) is 0.238. The third-order valence-corrected chi connectivity index (χ3v) is 4.88. The summed E-state index contributed by atoms with van der Waals surface area (Å²) in [6.45, 7) is 0.684. The molecule has 1 unspecified atom stereocenters. The third kappa shape index (κ3) is 3.08. The molecule has 4 rings (SSSR count). The molecule has 5 heteroatoms. The van der Waals surface area contributed by atoms with E-state index in [9.17, 15) is 4.79 Å². The first-order valence-electron chi connectivity index (χ1n) is 8.76. The normalized spacial score (nSPS) is 16.2. The molecule has 1 aliphatic heterocycles. The minimum absolute atomic E-state index is 0.109. The highest BCUT2D eigenvalue weighted by Crippen LogP contribution is 2.33. The van der Waals surface area contributed by atoms with Crippen molar-refractivity contribution < 1.29 is 9.53 Å². The zero-order valence-corrected chi connectivity index (χ0v) is 14.7. The van der Waals surface area contributed by atoms with E-state index in [-0.39, 0.29) is 11.9 Å². The summed E-state index contributed by atoms with van der Waals surface area (Å²) in [7, 11) is 1.64. The Hall–Kier alpha value is -3.08. The Labute approximate surface area is 152 Å². The monoisotopic (exact) mass is 347 g/mol. The molecule has 1 aromatic heterocycles. The molecular weight excluding hydrogens is 326 g/mol. The van der Waals surface area contributed by atoms with E-state index in [1.807, 2.05) is 47.4 Å². The van der Waals surface area contributed by atoms with Crippen LogP contribution >= 0.6 is 0 Å². The van der Waals surface area contributed by atoms with E-state index in [0.717, 1.165) is 34.7 Å². The first-order chi connectivity index (χ1) is 12.8. The molecule has 0 saturated carbocycles. The maximum atomic E-state index is 13.1. The summed E-state index contributed by atoms with van der Waals surface area (Å²) < 4.78 is 5.19. The van der Waals surface area contributed by atoms with Crippen molar-refractivity contribution in [1.29, 1.82) is 0 Å². The minimum atomic E-state index is -0.142. The number of H-pyrrole nitrogens is 1. The predicted octanol–water partition coefficient (Wildman–Crippen LogP) is 3.14. The molecule has 26 heavy (non-hydrogen) atoms. The summed E-state index contributed by atoms with van der Waals surface area (Å²) in [6, 6.07) is 17.6. The Balaban J connectivity index is 1.62. The first kappa shape index (κ1) is 16.4. The quantitative estimate of drug-likeness (QED) is 0.789. The van der Waals surface area contributed by atoms with E-state index in [2.05, 4.69) is 22.1 Å². The van der Waals surface area contributed by atoms with Crippen LogP contribution in [0.5, 0.6) is 5.75 Å². The summed E-state index contributed by atoms with van der Waals surface area (Å²) in [6.07, 6.45) is 2.89. The Morgan fingerprint density at radius 1 is 1.19 bits per heavy atom. The molecule has 0 radical (unpaired) electrons. The summed E-state index contributed by atoms with van der Waals surface area (Å²) >= 11 is 0. The van der Waals surface area contributed by atoms with Crippen molar-refractivity contribution in [2.75, 3.05) is 13.7 Å². The molecule has 1 amide bonds. The number of carbonyl (C=O) groups is 1. The number of methoxy groups -OCH3 is 1. The number of fused-ring (bicyclic) bond motifs is 1. The topological polar surface area (TPSA) is 58.2 Å². The van der Waals surface area contributed by atoms with Crippen molar-refractivity contribution in [2.24, 2.45) is 0 Å². The number of carbonyl (C=O) groups excluding carboxylic acids is 1. The Bertz CT molecular complexity index is 887. The van der Waals surface area contributed by atoms with Gasteiger partial charge in [0, 0.05) is 18.7 Å². The van der Waals surface area contributed by atoms with Crippen LogP contribution in [0.2, 0.25) is 0 Å². The van der Waals surface area contributed by atoms with Crippen molar-refractivity contribution in [2.45, 2.75) is 18.9 Å². The lowest BCUT2D eigenvalue weighted by Crippen LogP contribution is -2.41. The van der Waals surface area contributed by atoms with Gasteiger partial charge < -0.3 is 14.6 Å². The van der Waals surface area contributed by atoms with Crippen LogP contribution in [-0.4, -0.2) is 34.4 Å². The third-order valence-electron chi connectivity index (χ3n) is 4.88. The Morgan fingerprint density at radius 3 is 2.69 bits per heavy atom. The van der Waals surface area contributed by atoms with Gasteiger partial charge >= 0.3 is 0 Å². The van der Waals surface area contributed by atoms with Crippen molar-refractivity contribution in [3.05, 3.63) is 83.4 Å². The molecule has 1 atom stereocenters. The lowest BCUT2D eigenvalue weighted by atomic mass is 9.95. The Morgan fingerprint density at radius 2 is 1.96 bits per heavy atom. The molecule has 132 valence electrons. The highest BCUT2D eigenvalue weighted by molar-refractivity contribution is 5.80. The number of hydrogen-bond acceptors (Lipinski definition) is 3. The van der Waals surface area contributed by atoms with Crippen molar-refractivity contribution in [3.63, 3.8) is 0 Å². The SMILES string of the molecule is COc1ccc(CC(=O)N2CCc3[nH]cnc3C2c2ccccc2)cc1. The standard InChI is InChI=1S/C21H21N3O2/c1-26-17-9-7-15(8-10-17)13-19(25)24-12-11-18-20(23-14-22-18)21(24)16-5-3-2-4-6-16/h2-10,14,21H,11-13H2,1H3,(H,22,23). The van der Waals surface area contributed by atoms with Crippen molar-refractivity contribution in [1.82, 2.24) is 14.9 Å². The van der Waals surface area contributed by atoms with E-state index >= 15 is 0 Å². The molecule has 0 saturated heterocycles. The van der Waals surface area contributed by atoms with E-state index in [1.165, 1.54) is 0 Å². The first-order valence-corrected chi connectivity index (χ1v) is 8.76. The summed E-state index contributed by atoms with van der Waals surface area (Å²) in [5.74, 6) is 0.903. The van der Waals surface area contributed by atoms with Gasteiger partial charge in [-0.05, 0) is 23.3 Å². The van der Waals surface area contributed by atoms with Crippen LogP contribution in [-0.2, 0) is 17.6 Å².